The highest BCUT2D eigenvalue weighted by Crippen LogP contribution is 2.28. The van der Waals surface area contributed by atoms with Gasteiger partial charge in [-0.2, -0.15) is 0 Å². The molecule has 0 saturated heterocycles. The first kappa shape index (κ1) is 21.2. The molecule has 0 unspecified atom stereocenters. The van der Waals surface area contributed by atoms with Crippen LogP contribution in [0.1, 0.15) is 22.4 Å². The number of rotatable bonds is 4. The number of phenolic OH excluding ortho intramolecular Hbond substituents is 1. The fourth-order valence-corrected chi connectivity index (χ4v) is 3.84. The van der Waals surface area contributed by atoms with Gasteiger partial charge in [0.25, 0.3) is 5.56 Å². The maximum Gasteiger partial charge on any atom is 0.340 e. The van der Waals surface area contributed by atoms with Crippen molar-refractivity contribution in [3.63, 3.8) is 0 Å². The molecule has 0 aliphatic carbocycles. The van der Waals surface area contributed by atoms with Crippen LogP contribution in [-0.2, 0) is 18.3 Å². The average Bonchev–Trinajstić information content (AvgIpc) is 2.98. The lowest BCUT2D eigenvalue weighted by Gasteiger charge is -2.10. The largest absolute Gasteiger partial charge is 0.508 e. The van der Waals surface area contributed by atoms with Gasteiger partial charge in [-0.05, 0) is 50.6 Å². The van der Waals surface area contributed by atoms with E-state index in [-0.39, 0.29) is 29.0 Å². The molecule has 0 radical (unpaired) electrons. The lowest BCUT2D eigenvalue weighted by molar-refractivity contribution is -0.115. The SMILES string of the molecule is Cc1c(CC(=O)Nc2c(C)n(C)n(-c3ccccc3)c2=O)c(=O)oc2c(C)c(O)ccc12. The minimum atomic E-state index is -0.648. The van der Waals surface area contributed by atoms with Gasteiger partial charge < -0.3 is 14.8 Å². The lowest BCUT2D eigenvalue weighted by atomic mass is 10.0. The Kier molecular flexibility index (Phi) is 5.22. The number of hydrogen-bond donors (Lipinski definition) is 2. The summed E-state index contributed by atoms with van der Waals surface area (Å²) in [5.74, 6) is -0.471. The van der Waals surface area contributed by atoms with Gasteiger partial charge in [-0.25, -0.2) is 9.48 Å². The van der Waals surface area contributed by atoms with Gasteiger partial charge in [0.1, 0.15) is 17.0 Å². The van der Waals surface area contributed by atoms with E-state index in [1.165, 1.54) is 10.7 Å². The summed E-state index contributed by atoms with van der Waals surface area (Å²) in [7, 11) is 1.74. The van der Waals surface area contributed by atoms with Crippen molar-refractivity contribution in [2.24, 2.45) is 7.05 Å². The van der Waals surface area contributed by atoms with Crippen molar-refractivity contribution < 1.29 is 14.3 Å². The molecule has 164 valence electrons. The molecule has 0 atom stereocenters. The van der Waals surface area contributed by atoms with Crippen LogP contribution in [-0.4, -0.2) is 20.4 Å². The quantitative estimate of drug-likeness (QED) is 0.481. The molecule has 1 amide bonds. The van der Waals surface area contributed by atoms with E-state index in [0.29, 0.717) is 33.5 Å². The van der Waals surface area contributed by atoms with Gasteiger partial charge >= 0.3 is 5.63 Å². The van der Waals surface area contributed by atoms with Crippen LogP contribution in [0.3, 0.4) is 0 Å². The number of aromatic nitrogens is 2. The number of para-hydroxylation sites is 1. The fourth-order valence-electron chi connectivity index (χ4n) is 3.84. The van der Waals surface area contributed by atoms with Crippen molar-refractivity contribution in [3.8, 4) is 11.4 Å². The predicted molar refractivity (Wildman–Crippen MR) is 122 cm³/mol. The molecule has 0 bridgehead atoms. The second-order valence-electron chi connectivity index (χ2n) is 7.74. The van der Waals surface area contributed by atoms with Crippen LogP contribution in [0.25, 0.3) is 16.7 Å². The second-order valence-corrected chi connectivity index (χ2v) is 7.74. The number of nitrogens with one attached hydrogen (secondary N) is 1. The second kappa shape index (κ2) is 7.88. The van der Waals surface area contributed by atoms with Gasteiger partial charge in [0, 0.05) is 18.0 Å². The summed E-state index contributed by atoms with van der Waals surface area (Å²) in [6.07, 6.45) is -0.247. The van der Waals surface area contributed by atoms with Crippen LogP contribution in [0.15, 0.2) is 56.5 Å². The maximum absolute atomic E-state index is 13.0. The lowest BCUT2D eigenvalue weighted by Crippen LogP contribution is -2.25. The standard InChI is InChI=1S/C24H23N3O5/c1-13-17-10-11-19(28)14(2)22(17)32-24(31)18(13)12-20(29)25-21-15(3)26(4)27(23(21)30)16-8-6-5-7-9-16/h5-11,28H,12H2,1-4H3,(H,25,29). The van der Waals surface area contributed by atoms with Gasteiger partial charge in [0.2, 0.25) is 5.91 Å². The number of nitrogens with zero attached hydrogens (tertiary/aromatic N) is 2. The Bertz CT molecular complexity index is 1480. The molecule has 0 saturated carbocycles. The summed E-state index contributed by atoms with van der Waals surface area (Å²) in [6.45, 7) is 5.12. The van der Waals surface area contributed by atoms with Gasteiger partial charge in [-0.1, -0.05) is 18.2 Å². The molecule has 2 N–H and O–H groups in total. The third-order valence-electron chi connectivity index (χ3n) is 5.83. The summed E-state index contributed by atoms with van der Waals surface area (Å²) in [5, 5.41) is 13.2. The summed E-state index contributed by atoms with van der Waals surface area (Å²) >= 11 is 0. The van der Waals surface area contributed by atoms with Crippen LogP contribution in [0.4, 0.5) is 5.69 Å². The van der Waals surface area contributed by atoms with E-state index in [9.17, 15) is 19.5 Å². The number of carbonyl (C=O) groups excluding carboxylic acids is 1. The Morgan fingerprint density at radius 3 is 2.41 bits per heavy atom. The van der Waals surface area contributed by atoms with E-state index in [1.54, 1.807) is 50.7 Å². The Morgan fingerprint density at radius 1 is 1.03 bits per heavy atom. The van der Waals surface area contributed by atoms with Crippen LogP contribution in [0.5, 0.6) is 5.75 Å². The number of aromatic hydroxyl groups is 1. The van der Waals surface area contributed by atoms with Crippen molar-refractivity contribution in [2.75, 3.05) is 5.32 Å². The number of anilines is 1. The maximum atomic E-state index is 13.0. The third-order valence-corrected chi connectivity index (χ3v) is 5.83. The van der Waals surface area contributed by atoms with E-state index in [2.05, 4.69) is 5.32 Å². The number of benzene rings is 2. The topological polar surface area (TPSA) is 106 Å². The predicted octanol–water partition coefficient (Wildman–Crippen LogP) is 3.09. The van der Waals surface area contributed by atoms with Crippen LogP contribution >= 0.6 is 0 Å². The monoisotopic (exact) mass is 433 g/mol. The first-order valence-corrected chi connectivity index (χ1v) is 10.1. The van der Waals surface area contributed by atoms with Gasteiger partial charge in [0.05, 0.1) is 23.4 Å². The first-order valence-electron chi connectivity index (χ1n) is 10.1. The summed E-state index contributed by atoms with van der Waals surface area (Å²) in [4.78, 5) is 38.4. The van der Waals surface area contributed by atoms with Crippen LogP contribution < -0.4 is 16.5 Å². The molecule has 2 aromatic heterocycles. The third kappa shape index (κ3) is 3.39. The number of carbonyl (C=O) groups is 1. The number of hydrogen-bond acceptors (Lipinski definition) is 5. The Labute approximate surface area is 183 Å². The normalized spacial score (nSPS) is 11.1. The highest BCUT2D eigenvalue weighted by atomic mass is 16.4. The minimum Gasteiger partial charge on any atom is -0.508 e. The van der Waals surface area contributed by atoms with Gasteiger partial charge in [-0.15, -0.1) is 0 Å². The zero-order chi connectivity index (χ0) is 23.2. The van der Waals surface area contributed by atoms with E-state index in [4.69, 9.17) is 4.42 Å². The first-order chi connectivity index (χ1) is 15.2. The van der Waals surface area contributed by atoms with Crippen molar-refractivity contribution in [1.82, 2.24) is 9.36 Å². The fraction of sp³-hybridized carbons (Fsp3) is 0.208. The van der Waals surface area contributed by atoms with Crippen molar-refractivity contribution >= 4 is 22.6 Å². The van der Waals surface area contributed by atoms with Crippen LogP contribution in [0.2, 0.25) is 0 Å². The number of phenols is 1. The van der Waals surface area contributed by atoms with Crippen molar-refractivity contribution in [1.29, 1.82) is 0 Å². The van der Waals surface area contributed by atoms with E-state index >= 15 is 0 Å². The molecular weight excluding hydrogens is 410 g/mol. The molecule has 0 aliphatic rings. The van der Waals surface area contributed by atoms with Gasteiger partial charge in [-0.3, -0.25) is 14.3 Å². The van der Waals surface area contributed by atoms with Crippen molar-refractivity contribution in [3.05, 3.63) is 85.6 Å². The van der Waals surface area contributed by atoms with E-state index in [1.807, 2.05) is 18.2 Å². The highest BCUT2D eigenvalue weighted by Gasteiger charge is 2.21. The number of amides is 1. The average molecular weight is 433 g/mol. The Morgan fingerprint density at radius 2 is 1.72 bits per heavy atom. The molecule has 8 heteroatoms. The molecule has 0 spiro atoms. The summed E-state index contributed by atoms with van der Waals surface area (Å²) in [5.41, 5.74) is 1.96. The molecule has 0 aliphatic heterocycles. The van der Waals surface area contributed by atoms with Crippen LogP contribution in [0, 0.1) is 20.8 Å². The summed E-state index contributed by atoms with van der Waals surface area (Å²) in [6, 6.07) is 12.3. The number of aryl methyl sites for hydroxylation is 2. The van der Waals surface area contributed by atoms with E-state index in [0.717, 1.165) is 0 Å². The Hall–Kier alpha value is -4.07. The highest BCUT2D eigenvalue weighted by molar-refractivity contribution is 5.94. The molecule has 4 aromatic rings. The number of fused-ring (bicyclic) bond motifs is 1. The molecular formula is C24H23N3O5. The zero-order valence-electron chi connectivity index (χ0n) is 18.2. The molecule has 4 rings (SSSR count). The minimum absolute atomic E-state index is 0.0276. The molecule has 32 heavy (non-hydrogen) atoms. The smallest absolute Gasteiger partial charge is 0.340 e. The van der Waals surface area contributed by atoms with Gasteiger partial charge in [0.15, 0.2) is 0 Å². The molecule has 2 heterocycles. The zero-order valence-corrected chi connectivity index (χ0v) is 18.2. The molecule has 0 fully saturated rings. The molecule has 8 nitrogen and oxygen atoms in total. The molecule has 2 aromatic carbocycles. The van der Waals surface area contributed by atoms with Crippen molar-refractivity contribution in [2.45, 2.75) is 27.2 Å². The van der Waals surface area contributed by atoms with E-state index < -0.39 is 11.5 Å². The Balaban J connectivity index is 1.69. The summed E-state index contributed by atoms with van der Waals surface area (Å²) < 4.78 is 8.53.